The highest BCUT2D eigenvalue weighted by Gasteiger charge is 2.12. The van der Waals surface area contributed by atoms with E-state index >= 15 is 0 Å². The monoisotopic (exact) mass is 264 g/mol. The van der Waals surface area contributed by atoms with Crippen LogP contribution in [-0.4, -0.2) is 25.4 Å². The van der Waals surface area contributed by atoms with Crippen molar-refractivity contribution in [1.29, 1.82) is 0 Å². The van der Waals surface area contributed by atoms with Gasteiger partial charge in [0, 0.05) is 23.9 Å². The standard InChI is InChI=1S/C13H16N2O2S/c1-18(16,17)9-7-12(14)10-6-8-15-13-5-3-2-4-11(10)13/h2-6,8,12H,7,9,14H2,1H3. The second-order valence-corrected chi connectivity index (χ2v) is 6.70. The summed E-state index contributed by atoms with van der Waals surface area (Å²) >= 11 is 0. The molecule has 1 aromatic carbocycles. The molecule has 1 unspecified atom stereocenters. The normalized spacial score (nSPS) is 13.7. The minimum absolute atomic E-state index is 0.102. The Hall–Kier alpha value is -1.46. The molecule has 96 valence electrons. The summed E-state index contributed by atoms with van der Waals surface area (Å²) in [4.78, 5) is 4.26. The molecule has 0 radical (unpaired) electrons. The minimum atomic E-state index is -2.98. The number of pyridine rings is 1. The molecule has 1 heterocycles. The highest BCUT2D eigenvalue weighted by atomic mass is 32.2. The van der Waals surface area contributed by atoms with Crippen LogP contribution in [0.1, 0.15) is 18.0 Å². The van der Waals surface area contributed by atoms with Crippen LogP contribution in [0.5, 0.6) is 0 Å². The van der Waals surface area contributed by atoms with E-state index < -0.39 is 9.84 Å². The zero-order valence-electron chi connectivity index (χ0n) is 10.2. The minimum Gasteiger partial charge on any atom is -0.324 e. The first kappa shape index (κ1) is 13.0. The molecule has 0 bridgehead atoms. The fraction of sp³-hybridized carbons (Fsp3) is 0.308. The van der Waals surface area contributed by atoms with Crippen LogP contribution in [0, 0.1) is 0 Å². The zero-order chi connectivity index (χ0) is 13.2. The summed E-state index contributed by atoms with van der Waals surface area (Å²) in [5.74, 6) is 0.102. The molecule has 5 heteroatoms. The Kier molecular flexibility index (Phi) is 3.63. The molecule has 2 N–H and O–H groups in total. The first-order valence-electron chi connectivity index (χ1n) is 5.74. The van der Waals surface area contributed by atoms with Crippen molar-refractivity contribution in [2.75, 3.05) is 12.0 Å². The average molecular weight is 264 g/mol. The van der Waals surface area contributed by atoms with Gasteiger partial charge >= 0.3 is 0 Å². The van der Waals surface area contributed by atoms with Crippen molar-refractivity contribution < 1.29 is 8.42 Å². The fourth-order valence-corrected chi connectivity index (χ4v) is 2.62. The number of nitrogens with zero attached hydrogens (tertiary/aromatic N) is 1. The third-order valence-electron chi connectivity index (χ3n) is 2.88. The second kappa shape index (κ2) is 5.04. The molecule has 4 nitrogen and oxygen atoms in total. The van der Waals surface area contributed by atoms with E-state index in [1.54, 1.807) is 6.20 Å². The lowest BCUT2D eigenvalue weighted by Gasteiger charge is -2.13. The molecule has 0 aliphatic rings. The van der Waals surface area contributed by atoms with Crippen molar-refractivity contribution in [1.82, 2.24) is 4.98 Å². The van der Waals surface area contributed by atoms with Crippen molar-refractivity contribution in [3.8, 4) is 0 Å². The molecule has 1 atom stereocenters. The lowest BCUT2D eigenvalue weighted by molar-refractivity contribution is 0.592. The van der Waals surface area contributed by atoms with Crippen molar-refractivity contribution in [2.24, 2.45) is 5.73 Å². The van der Waals surface area contributed by atoms with E-state index in [9.17, 15) is 8.42 Å². The van der Waals surface area contributed by atoms with Crippen molar-refractivity contribution >= 4 is 20.7 Å². The largest absolute Gasteiger partial charge is 0.324 e. The second-order valence-electron chi connectivity index (χ2n) is 4.44. The average Bonchev–Trinajstić information content (AvgIpc) is 2.34. The highest BCUT2D eigenvalue weighted by molar-refractivity contribution is 7.90. The molecule has 0 saturated carbocycles. The fourth-order valence-electron chi connectivity index (χ4n) is 1.94. The quantitative estimate of drug-likeness (QED) is 0.911. The van der Waals surface area contributed by atoms with Crippen LogP contribution in [0.4, 0.5) is 0 Å². The Morgan fingerprint density at radius 1 is 1.28 bits per heavy atom. The predicted molar refractivity (Wildman–Crippen MR) is 73.0 cm³/mol. The molecule has 0 aliphatic carbocycles. The van der Waals surface area contributed by atoms with Gasteiger partial charge in [-0.25, -0.2) is 8.42 Å². The molecule has 0 saturated heterocycles. The molecule has 2 aromatic rings. The summed E-state index contributed by atoms with van der Waals surface area (Å²) in [6.45, 7) is 0. The molecule has 1 aromatic heterocycles. The summed E-state index contributed by atoms with van der Waals surface area (Å²) in [5, 5.41) is 0.987. The Balaban J connectivity index is 2.30. The maximum atomic E-state index is 11.2. The van der Waals surface area contributed by atoms with Gasteiger partial charge in [-0.3, -0.25) is 4.98 Å². The van der Waals surface area contributed by atoms with E-state index in [2.05, 4.69) is 4.98 Å². The van der Waals surface area contributed by atoms with Crippen LogP contribution >= 0.6 is 0 Å². The van der Waals surface area contributed by atoms with Gasteiger partial charge < -0.3 is 5.73 Å². The number of sulfone groups is 1. The Morgan fingerprint density at radius 3 is 2.72 bits per heavy atom. The predicted octanol–water partition coefficient (Wildman–Crippen LogP) is 1.67. The van der Waals surface area contributed by atoms with Crippen LogP contribution < -0.4 is 5.73 Å². The van der Waals surface area contributed by atoms with Gasteiger partial charge in [-0.2, -0.15) is 0 Å². The summed E-state index contributed by atoms with van der Waals surface area (Å²) in [6.07, 6.45) is 3.36. The van der Waals surface area contributed by atoms with E-state index in [-0.39, 0.29) is 11.8 Å². The molecule has 18 heavy (non-hydrogen) atoms. The van der Waals surface area contributed by atoms with E-state index in [1.807, 2.05) is 30.3 Å². The van der Waals surface area contributed by atoms with Crippen LogP contribution in [0.25, 0.3) is 10.9 Å². The molecule has 0 aliphatic heterocycles. The number of nitrogens with two attached hydrogens (primary N) is 1. The molecule has 0 amide bonds. The summed E-state index contributed by atoms with van der Waals surface area (Å²) in [6, 6.07) is 9.29. The SMILES string of the molecule is CS(=O)(=O)CCC(N)c1ccnc2ccccc12. The zero-order valence-corrected chi connectivity index (χ0v) is 11.0. The van der Waals surface area contributed by atoms with Crippen LogP contribution in [0.15, 0.2) is 36.5 Å². The van der Waals surface area contributed by atoms with Crippen LogP contribution in [0.2, 0.25) is 0 Å². The Bertz CT molecular complexity index is 648. The number of rotatable bonds is 4. The van der Waals surface area contributed by atoms with Crippen LogP contribution in [-0.2, 0) is 9.84 Å². The number of benzene rings is 1. The molecule has 0 spiro atoms. The van der Waals surface area contributed by atoms with Crippen molar-refractivity contribution in [2.45, 2.75) is 12.5 Å². The summed E-state index contributed by atoms with van der Waals surface area (Å²) in [5.41, 5.74) is 7.90. The molecular weight excluding hydrogens is 248 g/mol. The number of fused-ring (bicyclic) bond motifs is 1. The molecular formula is C13H16N2O2S. The number of aromatic nitrogens is 1. The number of para-hydroxylation sites is 1. The van der Waals surface area contributed by atoms with Gasteiger partial charge in [0.25, 0.3) is 0 Å². The van der Waals surface area contributed by atoms with Crippen molar-refractivity contribution in [3.63, 3.8) is 0 Å². The highest BCUT2D eigenvalue weighted by Crippen LogP contribution is 2.23. The Morgan fingerprint density at radius 2 is 2.00 bits per heavy atom. The van der Waals surface area contributed by atoms with E-state index in [1.165, 1.54) is 6.26 Å². The van der Waals surface area contributed by atoms with E-state index in [0.29, 0.717) is 6.42 Å². The third kappa shape index (κ3) is 3.05. The maximum absolute atomic E-state index is 11.2. The summed E-state index contributed by atoms with van der Waals surface area (Å²) in [7, 11) is -2.98. The maximum Gasteiger partial charge on any atom is 0.147 e. The van der Waals surface area contributed by atoms with Gasteiger partial charge in [0.15, 0.2) is 0 Å². The smallest absolute Gasteiger partial charge is 0.147 e. The first-order chi connectivity index (χ1) is 8.47. The van der Waals surface area contributed by atoms with Gasteiger partial charge in [0.1, 0.15) is 9.84 Å². The summed E-state index contributed by atoms with van der Waals surface area (Å²) < 4.78 is 22.3. The topological polar surface area (TPSA) is 73.0 Å². The third-order valence-corrected chi connectivity index (χ3v) is 3.86. The van der Waals surface area contributed by atoms with Crippen LogP contribution in [0.3, 0.4) is 0 Å². The van der Waals surface area contributed by atoms with Crippen molar-refractivity contribution in [3.05, 3.63) is 42.1 Å². The van der Waals surface area contributed by atoms with E-state index in [4.69, 9.17) is 5.73 Å². The molecule has 0 fully saturated rings. The first-order valence-corrected chi connectivity index (χ1v) is 7.80. The molecule has 2 rings (SSSR count). The lowest BCUT2D eigenvalue weighted by atomic mass is 10.0. The number of hydrogen-bond acceptors (Lipinski definition) is 4. The lowest BCUT2D eigenvalue weighted by Crippen LogP contribution is -2.16. The van der Waals surface area contributed by atoms with E-state index in [0.717, 1.165) is 16.5 Å². The van der Waals surface area contributed by atoms with Gasteiger partial charge in [0.05, 0.1) is 11.3 Å². The van der Waals surface area contributed by atoms with Gasteiger partial charge in [-0.1, -0.05) is 18.2 Å². The van der Waals surface area contributed by atoms with Gasteiger partial charge in [-0.05, 0) is 24.1 Å². The Labute approximate surface area is 107 Å². The van der Waals surface area contributed by atoms with Gasteiger partial charge in [0.2, 0.25) is 0 Å². The van der Waals surface area contributed by atoms with Gasteiger partial charge in [-0.15, -0.1) is 0 Å². The number of hydrogen-bond donors (Lipinski definition) is 1.